The van der Waals surface area contributed by atoms with Crippen LogP contribution in [0.1, 0.15) is 155 Å². The molecule has 1 saturated heterocycles. The zero-order chi connectivity index (χ0) is 43.0. The van der Waals surface area contributed by atoms with Crippen LogP contribution < -0.4 is 0 Å². The number of carbonyl (C=O) groups is 2. The van der Waals surface area contributed by atoms with Gasteiger partial charge in [-0.25, -0.2) is 0 Å². The lowest BCUT2D eigenvalue weighted by molar-refractivity contribution is -0.305. The average Bonchev–Trinajstić information content (AvgIpc) is 3.23. The molecule has 10 nitrogen and oxygen atoms in total. The third kappa shape index (κ3) is 30.5. The number of rotatable bonds is 37. The standard InChI is InChI=1S/C49H80O10/c1-3-5-7-9-11-13-15-17-19-20-21-22-24-26-28-30-32-34-36-38-45(52)58-42(41-57-49-48(55)47(54)46(53)43(39-50)59-49)40-56-44(51)37-35-33-31-29-27-25-23-18-16-14-12-10-8-6-4-2/h4-5,7,11,13,17,19,21-22,26,28,32,34,42-43,46-50,53-55H,2-3,6,8-10,12,14-16,18,20,23-25,27,29-31,33,35-41H2,1H3/b7-5+,13-11+,19-17+,22-21+,28-26+,34-32+/t42-,43-,46+,47?,48?,49-/m1/s1. The summed E-state index contributed by atoms with van der Waals surface area (Å²) in [5.74, 6) is -0.913. The number of unbranched alkanes of at least 4 members (excludes halogenated alkanes) is 13. The van der Waals surface area contributed by atoms with E-state index in [1.807, 2.05) is 18.2 Å². The van der Waals surface area contributed by atoms with Crippen LogP contribution in [-0.4, -0.2) is 89.0 Å². The Kier molecular flexibility index (Phi) is 35.7. The van der Waals surface area contributed by atoms with Gasteiger partial charge in [0.25, 0.3) is 0 Å². The normalized spacial score (nSPS) is 20.6. The minimum absolute atomic E-state index is 0.100. The Morgan fingerprint density at radius 3 is 1.54 bits per heavy atom. The van der Waals surface area contributed by atoms with Crippen molar-refractivity contribution in [3.05, 3.63) is 85.6 Å². The molecule has 0 aromatic rings. The van der Waals surface area contributed by atoms with Crippen molar-refractivity contribution in [1.29, 1.82) is 0 Å². The zero-order valence-electron chi connectivity index (χ0n) is 36.3. The molecule has 6 atom stereocenters. The first-order valence-electron chi connectivity index (χ1n) is 22.6. The van der Waals surface area contributed by atoms with Gasteiger partial charge in [-0.05, 0) is 64.2 Å². The molecule has 1 rings (SSSR count). The lowest BCUT2D eigenvalue weighted by atomic mass is 9.99. The monoisotopic (exact) mass is 829 g/mol. The van der Waals surface area contributed by atoms with Gasteiger partial charge >= 0.3 is 11.9 Å². The summed E-state index contributed by atoms with van der Waals surface area (Å²) in [6.07, 6.45) is 42.1. The predicted molar refractivity (Wildman–Crippen MR) is 237 cm³/mol. The maximum atomic E-state index is 12.7. The van der Waals surface area contributed by atoms with Crippen molar-refractivity contribution in [2.24, 2.45) is 0 Å². The quantitative estimate of drug-likeness (QED) is 0.0271. The van der Waals surface area contributed by atoms with Gasteiger partial charge in [0.05, 0.1) is 13.2 Å². The molecule has 0 radical (unpaired) electrons. The first-order valence-corrected chi connectivity index (χ1v) is 22.6. The highest BCUT2D eigenvalue weighted by atomic mass is 16.7. The molecule has 0 spiro atoms. The van der Waals surface area contributed by atoms with Crippen LogP contribution in [0.2, 0.25) is 0 Å². The zero-order valence-corrected chi connectivity index (χ0v) is 36.3. The fourth-order valence-corrected chi connectivity index (χ4v) is 6.37. The number of aliphatic hydroxyl groups is 4. The van der Waals surface area contributed by atoms with Gasteiger partial charge < -0.3 is 39.4 Å². The van der Waals surface area contributed by atoms with Crippen LogP contribution in [0.3, 0.4) is 0 Å². The van der Waals surface area contributed by atoms with Crippen LogP contribution in [0.4, 0.5) is 0 Å². The highest BCUT2D eigenvalue weighted by molar-refractivity contribution is 5.70. The SMILES string of the molecule is C=CCCCCCCCCCCCCCCCC(=O)OC[C@H](CO[C@@H]1O[C@H](CO)[C@H](O)C(O)C1O)OC(=O)CC/C=C/C/C=C/C/C=C/C/C=C/C/C=C/C/C=C/CC. The van der Waals surface area contributed by atoms with E-state index in [-0.39, 0.29) is 26.1 Å². The van der Waals surface area contributed by atoms with Gasteiger partial charge in [0.1, 0.15) is 31.0 Å². The summed E-state index contributed by atoms with van der Waals surface area (Å²) in [4.78, 5) is 25.3. The molecular formula is C49H80O10. The molecule has 1 aliphatic rings. The fraction of sp³-hybridized carbons (Fsp3) is 0.673. The second-order valence-electron chi connectivity index (χ2n) is 15.2. The van der Waals surface area contributed by atoms with Crippen molar-refractivity contribution in [3.8, 4) is 0 Å². The first-order chi connectivity index (χ1) is 28.8. The first kappa shape index (κ1) is 53.9. The van der Waals surface area contributed by atoms with Gasteiger partial charge in [0, 0.05) is 12.8 Å². The Hall–Kier alpha value is -3.12. The van der Waals surface area contributed by atoms with Gasteiger partial charge in [-0.1, -0.05) is 157 Å². The number of aliphatic hydroxyl groups excluding tert-OH is 4. The minimum Gasteiger partial charge on any atom is -0.462 e. The van der Waals surface area contributed by atoms with E-state index in [4.69, 9.17) is 18.9 Å². The molecule has 2 unspecified atom stereocenters. The number of ether oxygens (including phenoxy) is 4. The van der Waals surface area contributed by atoms with E-state index < -0.39 is 55.4 Å². The van der Waals surface area contributed by atoms with Crippen molar-refractivity contribution >= 4 is 11.9 Å². The maximum absolute atomic E-state index is 12.7. The molecule has 336 valence electrons. The molecule has 0 aliphatic carbocycles. The number of hydrogen-bond donors (Lipinski definition) is 4. The maximum Gasteiger partial charge on any atom is 0.306 e. The lowest BCUT2D eigenvalue weighted by Gasteiger charge is -2.39. The van der Waals surface area contributed by atoms with Crippen LogP contribution in [0, 0.1) is 0 Å². The third-order valence-electron chi connectivity index (χ3n) is 9.92. The number of carbonyl (C=O) groups excluding carboxylic acids is 2. The summed E-state index contributed by atoms with van der Waals surface area (Å²) < 4.78 is 22.1. The van der Waals surface area contributed by atoms with Gasteiger partial charge in [-0.15, -0.1) is 6.58 Å². The van der Waals surface area contributed by atoms with E-state index in [0.29, 0.717) is 12.8 Å². The molecule has 0 saturated carbocycles. The van der Waals surface area contributed by atoms with Crippen LogP contribution in [0.5, 0.6) is 0 Å². The molecule has 10 heteroatoms. The second kappa shape index (κ2) is 39.0. The van der Waals surface area contributed by atoms with Crippen LogP contribution >= 0.6 is 0 Å². The summed E-state index contributed by atoms with van der Waals surface area (Å²) in [5.41, 5.74) is 0. The van der Waals surface area contributed by atoms with Gasteiger partial charge in [0.2, 0.25) is 0 Å². The molecule has 4 N–H and O–H groups in total. The lowest BCUT2D eigenvalue weighted by Crippen LogP contribution is -2.59. The Balaban J connectivity index is 2.39. The van der Waals surface area contributed by atoms with E-state index in [2.05, 4.69) is 74.3 Å². The number of allylic oxidation sites excluding steroid dienone is 13. The van der Waals surface area contributed by atoms with Crippen molar-refractivity contribution in [1.82, 2.24) is 0 Å². The summed E-state index contributed by atoms with van der Waals surface area (Å²) in [6, 6.07) is 0. The van der Waals surface area contributed by atoms with E-state index in [0.717, 1.165) is 64.2 Å². The number of hydrogen-bond acceptors (Lipinski definition) is 10. The smallest absolute Gasteiger partial charge is 0.306 e. The summed E-state index contributed by atoms with van der Waals surface area (Å²) in [6.45, 7) is 4.74. The minimum atomic E-state index is -1.61. The topological polar surface area (TPSA) is 152 Å². The Morgan fingerprint density at radius 1 is 0.576 bits per heavy atom. The Bertz CT molecular complexity index is 1220. The molecule has 0 amide bonds. The van der Waals surface area contributed by atoms with E-state index in [9.17, 15) is 30.0 Å². The van der Waals surface area contributed by atoms with Gasteiger partial charge in [-0.3, -0.25) is 9.59 Å². The number of esters is 2. The molecule has 59 heavy (non-hydrogen) atoms. The Morgan fingerprint density at radius 2 is 1.05 bits per heavy atom. The van der Waals surface area contributed by atoms with Crippen LogP contribution in [-0.2, 0) is 28.5 Å². The van der Waals surface area contributed by atoms with Crippen LogP contribution in [0.15, 0.2) is 85.6 Å². The molecule has 1 fully saturated rings. The third-order valence-corrected chi connectivity index (χ3v) is 9.92. The summed E-state index contributed by atoms with van der Waals surface area (Å²) >= 11 is 0. The second-order valence-corrected chi connectivity index (χ2v) is 15.2. The predicted octanol–water partition coefficient (Wildman–Crippen LogP) is 9.77. The van der Waals surface area contributed by atoms with E-state index in [1.165, 1.54) is 57.8 Å². The molecular weight excluding hydrogens is 749 g/mol. The highest BCUT2D eigenvalue weighted by Crippen LogP contribution is 2.22. The molecule has 1 aliphatic heterocycles. The molecule has 0 aromatic heterocycles. The van der Waals surface area contributed by atoms with Crippen LogP contribution in [0.25, 0.3) is 0 Å². The molecule has 1 heterocycles. The van der Waals surface area contributed by atoms with Gasteiger partial charge in [0.15, 0.2) is 12.4 Å². The summed E-state index contributed by atoms with van der Waals surface area (Å²) in [7, 11) is 0. The van der Waals surface area contributed by atoms with Gasteiger partial charge in [-0.2, -0.15) is 0 Å². The fourth-order valence-electron chi connectivity index (χ4n) is 6.37. The van der Waals surface area contributed by atoms with Crippen molar-refractivity contribution in [3.63, 3.8) is 0 Å². The van der Waals surface area contributed by atoms with Crippen molar-refractivity contribution in [2.45, 2.75) is 191 Å². The Labute approximate surface area is 356 Å². The summed E-state index contributed by atoms with van der Waals surface area (Å²) in [5, 5.41) is 40.1. The van der Waals surface area contributed by atoms with E-state index >= 15 is 0 Å². The highest BCUT2D eigenvalue weighted by Gasteiger charge is 2.44. The largest absolute Gasteiger partial charge is 0.462 e. The average molecular weight is 829 g/mol. The molecule has 0 aromatic carbocycles. The van der Waals surface area contributed by atoms with E-state index in [1.54, 1.807) is 0 Å². The van der Waals surface area contributed by atoms with Crippen molar-refractivity contribution in [2.75, 3.05) is 19.8 Å². The van der Waals surface area contributed by atoms with Crippen molar-refractivity contribution < 1.29 is 49.0 Å². The molecule has 0 bridgehead atoms.